The molecule has 0 aliphatic carbocycles. The molecule has 1 unspecified atom stereocenters. The first-order valence-electron chi connectivity index (χ1n) is 10.1. The average molecular weight is 479 g/mol. The summed E-state index contributed by atoms with van der Waals surface area (Å²) in [5.74, 6) is -0.229. The standard InChI is InChI=1S/C24H28Cl2N2O2S/c1-7-27(23(31)18-10-8-17(9-11-18)15(2)29)28(16(3)24(4,5)6)22(30)19-12-13-20(25)21(26)14-19/h8-14,16H,7H2,1-6H3. The summed E-state index contributed by atoms with van der Waals surface area (Å²) in [6.45, 7) is 12.2. The number of hydrazine groups is 1. The highest BCUT2D eigenvalue weighted by Crippen LogP contribution is 2.30. The van der Waals surface area contributed by atoms with Gasteiger partial charge in [0.05, 0.1) is 16.1 Å². The first-order chi connectivity index (χ1) is 14.4. The molecule has 0 N–H and O–H groups in total. The minimum atomic E-state index is -0.217. The van der Waals surface area contributed by atoms with Crippen LogP contribution in [0, 0.1) is 5.41 Å². The van der Waals surface area contributed by atoms with Crippen molar-refractivity contribution in [2.24, 2.45) is 5.41 Å². The molecule has 0 radical (unpaired) electrons. The van der Waals surface area contributed by atoms with Crippen molar-refractivity contribution < 1.29 is 9.59 Å². The van der Waals surface area contributed by atoms with Gasteiger partial charge in [-0.3, -0.25) is 14.6 Å². The lowest BCUT2D eigenvalue weighted by Gasteiger charge is -2.45. The van der Waals surface area contributed by atoms with Crippen molar-refractivity contribution in [3.05, 3.63) is 69.2 Å². The lowest BCUT2D eigenvalue weighted by Crippen LogP contribution is -2.57. The molecule has 7 heteroatoms. The van der Waals surface area contributed by atoms with Crippen molar-refractivity contribution >= 4 is 52.1 Å². The van der Waals surface area contributed by atoms with Gasteiger partial charge in [0.1, 0.15) is 4.99 Å². The molecule has 0 aromatic heterocycles. The van der Waals surface area contributed by atoms with Gasteiger partial charge in [-0.25, -0.2) is 5.01 Å². The Morgan fingerprint density at radius 1 is 0.968 bits per heavy atom. The molecule has 1 atom stereocenters. The van der Waals surface area contributed by atoms with Crippen molar-refractivity contribution in [2.75, 3.05) is 6.54 Å². The number of nitrogens with zero attached hydrogens (tertiary/aromatic N) is 2. The van der Waals surface area contributed by atoms with Crippen LogP contribution in [0.5, 0.6) is 0 Å². The van der Waals surface area contributed by atoms with E-state index >= 15 is 0 Å². The van der Waals surface area contributed by atoms with Gasteiger partial charge in [-0.2, -0.15) is 0 Å². The highest BCUT2D eigenvalue weighted by atomic mass is 35.5. The van der Waals surface area contributed by atoms with E-state index < -0.39 is 0 Å². The number of thiocarbonyl (C=S) groups is 1. The lowest BCUT2D eigenvalue weighted by atomic mass is 9.87. The Morgan fingerprint density at radius 3 is 1.94 bits per heavy atom. The Labute approximate surface area is 200 Å². The van der Waals surface area contributed by atoms with Crippen molar-refractivity contribution in [2.45, 2.75) is 47.6 Å². The third kappa shape index (κ3) is 5.85. The number of rotatable bonds is 5. The summed E-state index contributed by atoms with van der Waals surface area (Å²) in [5, 5.41) is 4.21. The summed E-state index contributed by atoms with van der Waals surface area (Å²) >= 11 is 18.0. The Morgan fingerprint density at radius 2 is 1.48 bits per heavy atom. The minimum Gasteiger partial charge on any atom is -0.295 e. The largest absolute Gasteiger partial charge is 0.295 e. The van der Waals surface area contributed by atoms with Crippen molar-refractivity contribution in [3.8, 4) is 0 Å². The van der Waals surface area contributed by atoms with Gasteiger partial charge in [-0.05, 0) is 44.4 Å². The van der Waals surface area contributed by atoms with E-state index in [0.717, 1.165) is 5.56 Å². The van der Waals surface area contributed by atoms with E-state index in [2.05, 4.69) is 20.8 Å². The molecule has 4 nitrogen and oxygen atoms in total. The van der Waals surface area contributed by atoms with E-state index in [-0.39, 0.29) is 23.1 Å². The predicted octanol–water partition coefficient (Wildman–Crippen LogP) is 6.69. The highest BCUT2D eigenvalue weighted by Gasteiger charge is 2.35. The first-order valence-corrected chi connectivity index (χ1v) is 11.3. The van der Waals surface area contributed by atoms with Gasteiger partial charge in [0.25, 0.3) is 5.91 Å². The third-order valence-electron chi connectivity index (χ3n) is 5.33. The van der Waals surface area contributed by atoms with Gasteiger partial charge in [0.2, 0.25) is 0 Å². The Kier molecular flexibility index (Phi) is 8.26. The molecule has 0 saturated heterocycles. The number of carbonyl (C=O) groups excluding carboxylic acids is 2. The minimum absolute atomic E-state index is 0.0115. The molecule has 31 heavy (non-hydrogen) atoms. The monoisotopic (exact) mass is 478 g/mol. The number of halogens is 2. The zero-order valence-electron chi connectivity index (χ0n) is 18.7. The number of benzene rings is 2. The second kappa shape index (κ2) is 10.1. The molecular formula is C24H28Cl2N2O2S. The molecule has 166 valence electrons. The smallest absolute Gasteiger partial charge is 0.272 e. The number of ketones is 1. The number of hydrogen-bond donors (Lipinski definition) is 0. The van der Waals surface area contributed by atoms with E-state index in [1.54, 1.807) is 40.3 Å². The van der Waals surface area contributed by atoms with E-state index in [0.29, 0.717) is 32.7 Å². The lowest BCUT2D eigenvalue weighted by molar-refractivity contribution is -0.0138. The number of hydrogen-bond acceptors (Lipinski definition) is 3. The maximum atomic E-state index is 13.7. The molecule has 0 saturated carbocycles. The van der Waals surface area contributed by atoms with Crippen LogP contribution in [0.15, 0.2) is 42.5 Å². The van der Waals surface area contributed by atoms with Crippen LogP contribution in [-0.2, 0) is 0 Å². The number of amides is 1. The maximum Gasteiger partial charge on any atom is 0.272 e. The van der Waals surface area contributed by atoms with Gasteiger partial charge in [-0.1, -0.05) is 80.5 Å². The Hall–Kier alpha value is -1.95. The summed E-state index contributed by atoms with van der Waals surface area (Å²) in [7, 11) is 0. The van der Waals surface area contributed by atoms with Crippen LogP contribution in [0.2, 0.25) is 10.0 Å². The molecule has 0 aliphatic rings. The van der Waals surface area contributed by atoms with Crippen molar-refractivity contribution in [1.82, 2.24) is 10.0 Å². The van der Waals surface area contributed by atoms with E-state index in [1.807, 2.05) is 26.0 Å². The Balaban J connectivity index is 2.51. The van der Waals surface area contributed by atoms with E-state index in [4.69, 9.17) is 35.4 Å². The summed E-state index contributed by atoms with van der Waals surface area (Å²) < 4.78 is 0. The van der Waals surface area contributed by atoms with Gasteiger partial charge in [0.15, 0.2) is 5.78 Å². The van der Waals surface area contributed by atoms with Crippen LogP contribution in [0.1, 0.15) is 67.8 Å². The Bertz CT molecular complexity index is 984. The SMILES string of the molecule is CCN(C(=S)c1ccc(C(C)=O)cc1)N(C(=O)c1ccc(Cl)c(Cl)c1)C(C)C(C)(C)C. The second-order valence-corrected chi connectivity index (χ2v) is 9.68. The van der Waals surface area contributed by atoms with Crippen LogP contribution < -0.4 is 0 Å². The molecule has 0 spiro atoms. The van der Waals surface area contributed by atoms with Crippen molar-refractivity contribution in [1.29, 1.82) is 0 Å². The fourth-order valence-corrected chi connectivity index (χ4v) is 3.66. The molecular weight excluding hydrogens is 451 g/mol. The molecule has 2 aromatic carbocycles. The van der Waals surface area contributed by atoms with Crippen LogP contribution >= 0.6 is 35.4 Å². The third-order valence-corrected chi connectivity index (χ3v) is 6.51. The molecule has 0 heterocycles. The van der Waals surface area contributed by atoms with Crippen molar-refractivity contribution in [3.63, 3.8) is 0 Å². The molecule has 2 aromatic rings. The first kappa shape index (κ1) is 25.3. The topological polar surface area (TPSA) is 40.6 Å². The summed E-state index contributed by atoms with van der Waals surface area (Å²) in [6.07, 6.45) is 0. The molecule has 0 fully saturated rings. The van der Waals surface area contributed by atoms with Gasteiger partial charge in [-0.15, -0.1) is 0 Å². The zero-order valence-corrected chi connectivity index (χ0v) is 21.0. The van der Waals surface area contributed by atoms with Crippen LogP contribution in [0.25, 0.3) is 0 Å². The average Bonchev–Trinajstić information content (AvgIpc) is 2.71. The van der Waals surface area contributed by atoms with E-state index in [9.17, 15) is 9.59 Å². The summed E-state index contributed by atoms with van der Waals surface area (Å²) in [6, 6.07) is 11.8. The van der Waals surface area contributed by atoms with Crippen LogP contribution in [-0.4, -0.2) is 39.3 Å². The predicted molar refractivity (Wildman–Crippen MR) is 132 cm³/mol. The van der Waals surface area contributed by atoms with Gasteiger partial charge in [0, 0.05) is 23.2 Å². The van der Waals surface area contributed by atoms with Crippen LogP contribution in [0.3, 0.4) is 0 Å². The van der Waals surface area contributed by atoms with Gasteiger partial charge >= 0.3 is 0 Å². The number of Topliss-reactive ketones (excluding diaryl/α,β-unsaturated/α-hetero) is 1. The highest BCUT2D eigenvalue weighted by molar-refractivity contribution is 7.80. The molecule has 0 bridgehead atoms. The van der Waals surface area contributed by atoms with Crippen LogP contribution in [0.4, 0.5) is 0 Å². The second-order valence-electron chi connectivity index (χ2n) is 8.48. The maximum absolute atomic E-state index is 13.7. The number of carbonyl (C=O) groups is 2. The fourth-order valence-electron chi connectivity index (χ4n) is 3.01. The zero-order chi connectivity index (χ0) is 23.5. The normalized spacial score (nSPS) is 12.3. The molecule has 2 rings (SSSR count). The quantitative estimate of drug-likeness (QED) is 0.272. The molecule has 0 aliphatic heterocycles. The summed E-state index contributed by atoms with van der Waals surface area (Å²) in [5.41, 5.74) is 1.59. The van der Waals surface area contributed by atoms with E-state index in [1.165, 1.54) is 6.92 Å². The fraction of sp³-hybridized carbons (Fsp3) is 0.375. The van der Waals surface area contributed by atoms with Gasteiger partial charge < -0.3 is 0 Å². The molecule has 1 amide bonds. The summed E-state index contributed by atoms with van der Waals surface area (Å²) in [4.78, 5) is 25.8.